The molecule has 0 saturated heterocycles. The summed E-state index contributed by atoms with van der Waals surface area (Å²) in [6.07, 6.45) is 1.52. The second-order valence-corrected chi connectivity index (χ2v) is 26.2. The zero-order valence-corrected chi connectivity index (χ0v) is 58.2. The number of benzene rings is 13. The van der Waals surface area contributed by atoms with Gasteiger partial charge in [-0.25, -0.2) is 59.8 Å². The molecule has 19 rings (SSSR count). The zero-order chi connectivity index (χ0) is 73.6. The largest absolute Gasteiger partial charge is 0.308 e. The molecule has 0 saturated carbocycles. The fourth-order valence-corrected chi connectivity index (χ4v) is 14.3. The standard InChI is InChI=1S/C93H53N17/c94-53-57-44-58(54-95)46-70(45-57)71-51-81(109-77-47-66(84-98-56-97-83(99-84)59-22-8-1-9-23-59)36-40-72(77)73-41-37-67(48-78(73)109)91-103-85(60-24-10-2-11-25-60)100-86(104-91)61-26-12-3-13-27-61)76(55-96)82(52-71)110-79-49-68(92-105-87(62-28-14-4-15-29-62)101-88(106-92)63-30-16-5-17-31-63)38-42-74(79)75-43-39-69(50-80(75)110)93-107-89(64-32-18-6-19-33-64)102-90(108-93)65-34-20-7-21-35-65/h1-52,56H. The van der Waals surface area contributed by atoms with Gasteiger partial charge in [0.05, 0.1) is 56.7 Å². The second-order valence-electron chi connectivity index (χ2n) is 26.2. The highest BCUT2D eigenvalue weighted by atomic mass is 15.1. The fraction of sp³-hybridized carbons (Fsp3) is 0. The van der Waals surface area contributed by atoms with Gasteiger partial charge in [0.1, 0.15) is 18.0 Å². The summed E-state index contributed by atoms with van der Waals surface area (Å²) in [4.78, 5) is 61.1. The van der Waals surface area contributed by atoms with Crippen molar-refractivity contribution < 1.29 is 0 Å². The lowest BCUT2D eigenvalue weighted by molar-refractivity contribution is 1.06. The minimum absolute atomic E-state index is 0.245. The molecule has 0 amide bonds. The molecule has 0 aliphatic heterocycles. The Labute approximate surface area is 629 Å². The van der Waals surface area contributed by atoms with Crippen LogP contribution < -0.4 is 0 Å². The summed E-state index contributed by atoms with van der Waals surface area (Å²) in [5.74, 6) is 5.04. The maximum Gasteiger partial charge on any atom is 0.164 e. The van der Waals surface area contributed by atoms with Crippen molar-refractivity contribution >= 4 is 43.6 Å². The molecule has 0 spiro atoms. The van der Waals surface area contributed by atoms with Gasteiger partial charge in [-0.15, -0.1) is 0 Å². The SMILES string of the molecule is N#Cc1cc(C#N)cc(-c2cc(-n3c4cc(-c5ncnc(-c6ccccc6)n5)ccc4c4ccc(-c5nc(-c6ccccc6)nc(-c6ccccc6)n5)cc43)c(C#N)c(-n3c4cc(-c5nc(-c6ccccc6)nc(-c6ccccc6)n5)ccc4c4ccc(-c5nc(-c6ccccc6)nc(-c6ccccc6)n5)cc43)c2)c1. The highest BCUT2D eigenvalue weighted by Gasteiger charge is 2.27. The Morgan fingerprint density at radius 3 is 0.691 bits per heavy atom. The third-order valence-corrected chi connectivity index (χ3v) is 19.5. The Balaban J connectivity index is 0.927. The number of aromatic nitrogens is 14. The van der Waals surface area contributed by atoms with Crippen molar-refractivity contribution in [1.29, 1.82) is 15.8 Å². The topological polar surface area (TPSA) is 236 Å². The van der Waals surface area contributed by atoms with E-state index < -0.39 is 0 Å². The van der Waals surface area contributed by atoms with Crippen LogP contribution in [0.15, 0.2) is 322 Å². The summed E-state index contributed by atoms with van der Waals surface area (Å²) in [7, 11) is 0. The van der Waals surface area contributed by atoms with Crippen LogP contribution in [-0.4, -0.2) is 68.9 Å². The van der Waals surface area contributed by atoms with Gasteiger partial charge in [-0.3, -0.25) is 0 Å². The van der Waals surface area contributed by atoms with Gasteiger partial charge in [-0.1, -0.05) is 261 Å². The molecule has 17 nitrogen and oxygen atoms in total. The minimum atomic E-state index is 0.245. The third-order valence-electron chi connectivity index (χ3n) is 19.5. The molecule has 0 bridgehead atoms. The van der Waals surface area contributed by atoms with Crippen LogP contribution in [0.4, 0.5) is 0 Å². The van der Waals surface area contributed by atoms with Crippen molar-refractivity contribution in [2.45, 2.75) is 0 Å². The van der Waals surface area contributed by atoms with Gasteiger partial charge in [-0.05, 0) is 65.7 Å². The number of rotatable bonds is 14. The van der Waals surface area contributed by atoms with Crippen molar-refractivity contribution in [3.05, 3.63) is 338 Å². The molecule has 0 unspecified atom stereocenters. The lowest BCUT2D eigenvalue weighted by atomic mass is 9.97. The van der Waals surface area contributed by atoms with E-state index in [2.05, 4.69) is 74.8 Å². The number of hydrogen-bond acceptors (Lipinski definition) is 15. The van der Waals surface area contributed by atoms with Crippen molar-refractivity contribution in [1.82, 2.24) is 68.9 Å². The maximum absolute atomic E-state index is 12.7. The van der Waals surface area contributed by atoms with E-state index in [9.17, 15) is 15.8 Å². The first-order valence-electron chi connectivity index (χ1n) is 35.4. The smallest absolute Gasteiger partial charge is 0.164 e. The van der Waals surface area contributed by atoms with Crippen LogP contribution in [0, 0.1) is 34.0 Å². The quantitative estimate of drug-likeness (QED) is 0.0984. The molecule has 13 aromatic carbocycles. The van der Waals surface area contributed by atoms with E-state index in [1.807, 2.05) is 255 Å². The molecule has 0 fully saturated rings. The predicted octanol–water partition coefficient (Wildman–Crippen LogP) is 20.2. The molecule has 0 radical (unpaired) electrons. The van der Waals surface area contributed by atoms with E-state index in [1.54, 1.807) is 18.2 Å². The van der Waals surface area contributed by atoms with Crippen LogP contribution in [0.25, 0.3) is 191 Å². The van der Waals surface area contributed by atoms with Crippen LogP contribution in [0.3, 0.4) is 0 Å². The molecule has 6 aromatic heterocycles. The van der Waals surface area contributed by atoms with Gasteiger partial charge in [0.15, 0.2) is 64.1 Å². The van der Waals surface area contributed by atoms with Crippen LogP contribution in [0.5, 0.6) is 0 Å². The summed E-state index contributed by atoms with van der Waals surface area (Å²) in [6.45, 7) is 0. The lowest BCUT2D eigenvalue weighted by Gasteiger charge is -2.19. The minimum Gasteiger partial charge on any atom is -0.308 e. The highest BCUT2D eigenvalue weighted by molar-refractivity contribution is 6.13. The number of hydrogen-bond donors (Lipinski definition) is 0. The van der Waals surface area contributed by atoms with Gasteiger partial charge < -0.3 is 9.13 Å². The molecule has 0 atom stereocenters. The van der Waals surface area contributed by atoms with Gasteiger partial charge in [0, 0.05) is 82.7 Å². The second kappa shape index (κ2) is 27.5. The lowest BCUT2D eigenvalue weighted by Crippen LogP contribution is -2.06. The summed E-state index contributed by atoms with van der Waals surface area (Å²) in [5, 5.41) is 37.6. The van der Waals surface area contributed by atoms with Crippen molar-refractivity contribution in [2.24, 2.45) is 0 Å². The molecule has 0 N–H and O–H groups in total. The Hall–Kier alpha value is -16.0. The average molecular weight is 1410 g/mol. The molecule has 0 aliphatic carbocycles. The Kier molecular flexibility index (Phi) is 16.2. The van der Waals surface area contributed by atoms with Crippen LogP contribution in [0.2, 0.25) is 0 Å². The summed E-state index contributed by atoms with van der Waals surface area (Å²) >= 11 is 0. The Morgan fingerprint density at radius 1 is 0.200 bits per heavy atom. The zero-order valence-electron chi connectivity index (χ0n) is 58.2. The van der Waals surface area contributed by atoms with E-state index in [1.165, 1.54) is 6.33 Å². The monoisotopic (exact) mass is 1410 g/mol. The van der Waals surface area contributed by atoms with Gasteiger partial charge in [-0.2, -0.15) is 15.8 Å². The predicted molar refractivity (Wildman–Crippen MR) is 428 cm³/mol. The maximum atomic E-state index is 12.7. The summed E-state index contributed by atoms with van der Waals surface area (Å²) < 4.78 is 4.21. The Bertz CT molecular complexity index is 6590. The molecule has 0 aliphatic rings. The van der Waals surface area contributed by atoms with Crippen LogP contribution in [0.1, 0.15) is 16.7 Å². The van der Waals surface area contributed by atoms with E-state index in [-0.39, 0.29) is 16.7 Å². The van der Waals surface area contributed by atoms with Gasteiger partial charge in [0.2, 0.25) is 0 Å². The normalized spacial score (nSPS) is 11.2. The molecule has 19 aromatic rings. The van der Waals surface area contributed by atoms with E-state index >= 15 is 0 Å². The van der Waals surface area contributed by atoms with Crippen LogP contribution >= 0.6 is 0 Å². The first-order chi connectivity index (χ1) is 54.3. The summed E-state index contributed by atoms with van der Waals surface area (Å²) in [6, 6.07) is 110. The third kappa shape index (κ3) is 12.0. The number of nitrogens with zero attached hydrogens (tertiary/aromatic N) is 17. The molecule has 17 heteroatoms. The number of fused-ring (bicyclic) bond motifs is 6. The molecular formula is C93H53N17. The van der Waals surface area contributed by atoms with Crippen molar-refractivity contribution in [3.63, 3.8) is 0 Å². The molecule has 6 heterocycles. The molecule has 110 heavy (non-hydrogen) atoms. The molecular weight excluding hydrogens is 1360 g/mol. The van der Waals surface area contributed by atoms with Crippen molar-refractivity contribution in [3.8, 4) is 166 Å². The summed E-state index contributed by atoms with van der Waals surface area (Å²) in [5.41, 5.74) is 13.8. The van der Waals surface area contributed by atoms with Gasteiger partial charge in [0.25, 0.3) is 0 Å². The van der Waals surface area contributed by atoms with E-state index in [0.717, 1.165) is 60.5 Å². The van der Waals surface area contributed by atoms with Crippen molar-refractivity contribution in [2.75, 3.05) is 0 Å². The van der Waals surface area contributed by atoms with E-state index in [0.29, 0.717) is 131 Å². The van der Waals surface area contributed by atoms with E-state index in [4.69, 9.17) is 54.8 Å². The first-order valence-corrected chi connectivity index (χ1v) is 35.4. The number of nitriles is 3. The first kappa shape index (κ1) is 64.8. The molecule has 510 valence electrons. The average Bonchev–Trinajstić information content (AvgIpc) is 1.60. The highest BCUT2D eigenvalue weighted by Crippen LogP contribution is 2.44. The van der Waals surface area contributed by atoms with Gasteiger partial charge >= 0.3 is 0 Å². The Morgan fingerprint density at radius 2 is 0.427 bits per heavy atom. The van der Waals surface area contributed by atoms with Crippen LogP contribution in [-0.2, 0) is 0 Å². The fourth-order valence-electron chi connectivity index (χ4n) is 14.3.